The summed E-state index contributed by atoms with van der Waals surface area (Å²) in [7, 11) is -6.17. The second-order valence-electron chi connectivity index (χ2n) is 9.21. The first-order chi connectivity index (χ1) is 20.3. The number of halogens is 5. The third kappa shape index (κ3) is 5.43. The first-order valence-electron chi connectivity index (χ1n) is 12.4. The molecule has 1 N–H and O–H groups in total. The summed E-state index contributed by atoms with van der Waals surface area (Å²) in [4.78, 5) is 18.0. The minimum Gasteiger partial charge on any atom is -0.490 e. The second kappa shape index (κ2) is 11.2. The number of carbonyl (C=O) groups is 1. The van der Waals surface area contributed by atoms with Crippen molar-refractivity contribution >= 4 is 37.4 Å². The highest BCUT2D eigenvalue weighted by Gasteiger charge is 2.49. The number of nitrogens with zero attached hydrogens (tertiary/aromatic N) is 4. The van der Waals surface area contributed by atoms with Gasteiger partial charge in [0.1, 0.15) is 35.4 Å². The Bertz CT molecular complexity index is 1850. The van der Waals surface area contributed by atoms with Crippen LogP contribution in [0.3, 0.4) is 0 Å². The highest BCUT2D eigenvalue weighted by molar-refractivity contribution is 7.88. The summed E-state index contributed by atoms with van der Waals surface area (Å²) in [6.07, 6.45) is 1.14. The molecule has 1 aliphatic heterocycles. The van der Waals surface area contributed by atoms with Crippen LogP contribution in [0.2, 0.25) is 0 Å². The van der Waals surface area contributed by atoms with Crippen molar-refractivity contribution in [2.75, 3.05) is 19.8 Å². The fourth-order valence-corrected chi connectivity index (χ4v) is 6.10. The number of thiophene rings is 1. The SMILES string of the molecule is C=CC(=O)N1CCn2nc(-c3nc(OS(=O)(=O)C(F)(F)F)c4ccsc4c3-c3c(F)cc(F)cc3OCCO)cc2[C@H]1C. The molecule has 4 heterocycles. The van der Waals surface area contributed by atoms with Gasteiger partial charge in [-0.1, -0.05) is 6.58 Å². The Morgan fingerprint density at radius 1 is 1.23 bits per heavy atom. The Hall–Kier alpha value is -4.09. The van der Waals surface area contributed by atoms with Gasteiger partial charge in [-0.15, -0.1) is 11.3 Å². The molecule has 0 saturated heterocycles. The molecule has 10 nitrogen and oxygen atoms in total. The Labute approximate surface area is 244 Å². The summed E-state index contributed by atoms with van der Waals surface area (Å²) < 4.78 is 105. The number of carbonyl (C=O) groups excluding carboxylic acids is 1. The lowest BCUT2D eigenvalue weighted by molar-refractivity contribution is -0.129. The lowest BCUT2D eigenvalue weighted by Gasteiger charge is -2.33. The second-order valence-corrected chi connectivity index (χ2v) is 11.7. The molecule has 5 rings (SSSR count). The van der Waals surface area contributed by atoms with Gasteiger partial charge in [-0.05, 0) is 30.5 Å². The van der Waals surface area contributed by atoms with Crippen molar-refractivity contribution in [3.8, 4) is 34.1 Å². The van der Waals surface area contributed by atoms with Gasteiger partial charge in [0.2, 0.25) is 11.8 Å². The van der Waals surface area contributed by atoms with Crippen molar-refractivity contribution in [3.63, 3.8) is 0 Å². The van der Waals surface area contributed by atoms with Crippen LogP contribution in [-0.4, -0.2) is 64.4 Å². The van der Waals surface area contributed by atoms with Crippen LogP contribution in [-0.2, 0) is 21.5 Å². The van der Waals surface area contributed by atoms with E-state index in [1.54, 1.807) is 6.92 Å². The van der Waals surface area contributed by atoms with Crippen LogP contribution in [0.5, 0.6) is 11.6 Å². The Kier molecular flexibility index (Phi) is 7.91. The standard InChI is InChI=1S/C26H21F5N4O6S2/c1-3-20(37)34-5-6-35-18(13(34)2)12-17(33-35)23-22(21-16(28)10-14(27)11-19(21)40-8-7-36)24-15(4-9-42-24)25(32-23)41-43(38,39)26(29,30)31/h3-4,9-13,36H,1,5-8H2,2H3/t13-/m1/s1. The molecule has 0 fully saturated rings. The summed E-state index contributed by atoms with van der Waals surface area (Å²) >= 11 is 0.893. The molecule has 1 aromatic carbocycles. The number of benzene rings is 1. The number of rotatable bonds is 8. The van der Waals surface area contributed by atoms with Crippen molar-refractivity contribution in [1.82, 2.24) is 19.7 Å². The number of pyridine rings is 1. The lowest BCUT2D eigenvalue weighted by atomic mass is 9.98. The molecule has 0 radical (unpaired) electrons. The predicted octanol–water partition coefficient (Wildman–Crippen LogP) is 4.79. The van der Waals surface area contributed by atoms with E-state index in [9.17, 15) is 35.9 Å². The number of ether oxygens (including phenoxy) is 1. The summed E-state index contributed by atoms with van der Waals surface area (Å²) in [6, 6.07) is 3.57. The van der Waals surface area contributed by atoms with Gasteiger partial charge in [0.15, 0.2) is 0 Å². The zero-order valence-corrected chi connectivity index (χ0v) is 23.7. The van der Waals surface area contributed by atoms with E-state index in [1.807, 2.05) is 0 Å². The molecule has 0 bridgehead atoms. The fraction of sp³-hybridized carbons (Fsp3) is 0.269. The van der Waals surface area contributed by atoms with Gasteiger partial charge in [-0.3, -0.25) is 9.48 Å². The number of amides is 1. The zero-order valence-electron chi connectivity index (χ0n) is 22.1. The van der Waals surface area contributed by atoms with Gasteiger partial charge in [-0.25, -0.2) is 13.8 Å². The Morgan fingerprint density at radius 3 is 2.65 bits per heavy atom. The normalized spacial score (nSPS) is 15.4. The van der Waals surface area contributed by atoms with Gasteiger partial charge >= 0.3 is 15.6 Å². The molecule has 1 aliphatic rings. The molecule has 0 saturated carbocycles. The molecule has 17 heteroatoms. The van der Waals surface area contributed by atoms with E-state index in [1.165, 1.54) is 27.1 Å². The lowest BCUT2D eigenvalue weighted by Crippen LogP contribution is -2.40. The highest BCUT2D eigenvalue weighted by Crippen LogP contribution is 2.47. The summed E-state index contributed by atoms with van der Waals surface area (Å²) in [5.41, 5.74) is -6.11. The molecular formula is C26H21F5N4O6S2. The van der Waals surface area contributed by atoms with Crippen molar-refractivity contribution < 1.29 is 49.2 Å². The van der Waals surface area contributed by atoms with E-state index in [2.05, 4.69) is 20.8 Å². The number of aliphatic hydroxyl groups excluding tert-OH is 1. The van der Waals surface area contributed by atoms with Gasteiger partial charge in [0.25, 0.3) is 0 Å². The molecule has 1 atom stereocenters. The molecule has 1 amide bonds. The van der Waals surface area contributed by atoms with Crippen molar-refractivity contribution in [2.24, 2.45) is 0 Å². The van der Waals surface area contributed by atoms with Gasteiger partial charge in [-0.2, -0.15) is 26.7 Å². The highest BCUT2D eigenvalue weighted by atomic mass is 32.2. The summed E-state index contributed by atoms with van der Waals surface area (Å²) in [5, 5.41) is 14.9. The van der Waals surface area contributed by atoms with Crippen LogP contribution >= 0.6 is 11.3 Å². The van der Waals surface area contributed by atoms with Crippen molar-refractivity contribution in [3.05, 3.63) is 59.6 Å². The maximum atomic E-state index is 15.6. The minimum atomic E-state index is -6.17. The van der Waals surface area contributed by atoms with E-state index in [0.717, 1.165) is 23.5 Å². The van der Waals surface area contributed by atoms with Crippen LogP contribution in [0.1, 0.15) is 18.7 Å². The topological polar surface area (TPSA) is 124 Å². The third-order valence-electron chi connectivity index (χ3n) is 6.62. The fourth-order valence-electron chi connectivity index (χ4n) is 4.73. The minimum absolute atomic E-state index is 0.0270. The van der Waals surface area contributed by atoms with E-state index in [0.29, 0.717) is 11.8 Å². The van der Waals surface area contributed by atoms with Gasteiger partial charge in [0.05, 0.1) is 40.5 Å². The third-order valence-corrected chi connectivity index (χ3v) is 8.50. The molecule has 4 aromatic rings. The molecule has 0 aliphatic carbocycles. The van der Waals surface area contributed by atoms with Gasteiger partial charge < -0.3 is 18.9 Å². The molecule has 0 spiro atoms. The van der Waals surface area contributed by atoms with Crippen molar-refractivity contribution in [2.45, 2.75) is 25.0 Å². The molecule has 228 valence electrons. The van der Waals surface area contributed by atoms with Gasteiger partial charge in [0, 0.05) is 24.2 Å². The first-order valence-corrected chi connectivity index (χ1v) is 14.7. The average molecular weight is 645 g/mol. The number of hydrogen-bond donors (Lipinski definition) is 1. The largest absolute Gasteiger partial charge is 0.534 e. The quantitative estimate of drug-likeness (QED) is 0.126. The number of alkyl halides is 3. The van der Waals surface area contributed by atoms with Crippen LogP contribution in [0, 0.1) is 11.6 Å². The molecule has 43 heavy (non-hydrogen) atoms. The number of aliphatic hydroxyl groups is 1. The van der Waals surface area contributed by atoms with E-state index in [-0.39, 0.29) is 64.0 Å². The Balaban J connectivity index is 1.81. The van der Waals surface area contributed by atoms with Crippen LogP contribution < -0.4 is 8.92 Å². The van der Waals surface area contributed by atoms with E-state index >= 15 is 4.39 Å². The monoisotopic (exact) mass is 644 g/mol. The maximum Gasteiger partial charge on any atom is 0.534 e. The first kappa shape index (κ1) is 30.4. The molecule has 0 unspecified atom stereocenters. The smallest absolute Gasteiger partial charge is 0.490 e. The average Bonchev–Trinajstić information content (AvgIpc) is 3.59. The maximum absolute atomic E-state index is 15.6. The molecule has 3 aromatic heterocycles. The van der Waals surface area contributed by atoms with Crippen LogP contribution in [0.25, 0.3) is 32.6 Å². The van der Waals surface area contributed by atoms with Crippen molar-refractivity contribution in [1.29, 1.82) is 0 Å². The summed E-state index contributed by atoms with van der Waals surface area (Å²) in [6.45, 7) is 4.78. The van der Waals surface area contributed by atoms with Crippen LogP contribution in [0.4, 0.5) is 22.0 Å². The number of fused-ring (bicyclic) bond motifs is 2. The summed E-state index contributed by atoms with van der Waals surface area (Å²) in [5.74, 6) is -3.81. The van der Waals surface area contributed by atoms with E-state index < -0.39 is 45.8 Å². The number of aromatic nitrogens is 3. The Morgan fingerprint density at radius 2 is 1.98 bits per heavy atom. The van der Waals surface area contributed by atoms with Crippen LogP contribution in [0.15, 0.2) is 42.3 Å². The zero-order chi connectivity index (χ0) is 31.3. The predicted molar refractivity (Wildman–Crippen MR) is 145 cm³/mol. The molecular weight excluding hydrogens is 623 g/mol. The number of hydrogen-bond acceptors (Lipinski definition) is 9. The van der Waals surface area contributed by atoms with E-state index in [4.69, 9.17) is 4.74 Å².